The average molecular weight is 447 g/mol. The van der Waals surface area contributed by atoms with Crippen LogP contribution in [0.15, 0.2) is 65.6 Å². The molecule has 0 radical (unpaired) electrons. The van der Waals surface area contributed by atoms with Crippen LogP contribution < -0.4 is 5.69 Å². The lowest BCUT2D eigenvalue weighted by Crippen LogP contribution is -2.41. The van der Waals surface area contributed by atoms with Gasteiger partial charge in [-0.05, 0) is 43.0 Å². The van der Waals surface area contributed by atoms with Gasteiger partial charge in [0.15, 0.2) is 5.69 Å². The lowest BCUT2D eigenvalue weighted by molar-refractivity contribution is 0.0665. The normalized spacial score (nSPS) is 16.2. The highest BCUT2D eigenvalue weighted by molar-refractivity contribution is 5.92. The number of rotatable bonds is 5. The van der Waals surface area contributed by atoms with Crippen molar-refractivity contribution in [2.75, 3.05) is 13.1 Å². The van der Waals surface area contributed by atoms with E-state index in [-0.39, 0.29) is 23.2 Å². The summed E-state index contributed by atoms with van der Waals surface area (Å²) in [6.07, 6.45) is 3.60. The quantitative estimate of drug-likeness (QED) is 0.506. The zero-order valence-corrected chi connectivity index (χ0v) is 17.8. The van der Waals surface area contributed by atoms with E-state index in [0.29, 0.717) is 25.3 Å². The van der Waals surface area contributed by atoms with Gasteiger partial charge in [0.2, 0.25) is 0 Å². The highest BCUT2D eigenvalue weighted by Crippen LogP contribution is 2.22. The molecule has 2 aromatic heterocycles. The third-order valence-electron chi connectivity index (χ3n) is 5.81. The van der Waals surface area contributed by atoms with Crippen LogP contribution in [-0.4, -0.2) is 53.7 Å². The Bertz CT molecular complexity index is 1330. The molecule has 1 atom stereocenters. The molecule has 2 aromatic carbocycles. The van der Waals surface area contributed by atoms with E-state index in [4.69, 9.17) is 0 Å². The monoisotopic (exact) mass is 447 g/mol. The largest absolute Gasteiger partial charge is 0.348 e. The molecule has 10 heteroatoms. The SMILES string of the molecule is O=C(c1cnn(-c2ccccc2)n1)N1CCCC(Cc2n[nH]c(=O)n2-c2ccccc2F)C1. The van der Waals surface area contributed by atoms with E-state index in [0.717, 1.165) is 18.5 Å². The van der Waals surface area contributed by atoms with Gasteiger partial charge in [-0.3, -0.25) is 4.79 Å². The number of halogens is 1. The van der Waals surface area contributed by atoms with E-state index in [9.17, 15) is 14.0 Å². The number of likely N-dealkylation sites (tertiary alicyclic amines) is 1. The first-order chi connectivity index (χ1) is 16.1. The summed E-state index contributed by atoms with van der Waals surface area (Å²) in [7, 11) is 0. The second-order valence-corrected chi connectivity index (χ2v) is 8.05. The van der Waals surface area contributed by atoms with Gasteiger partial charge in [-0.25, -0.2) is 18.9 Å². The molecule has 1 unspecified atom stereocenters. The fourth-order valence-electron chi connectivity index (χ4n) is 4.23. The van der Waals surface area contributed by atoms with Gasteiger partial charge < -0.3 is 4.90 Å². The lowest BCUT2D eigenvalue weighted by atomic mass is 9.94. The first-order valence-electron chi connectivity index (χ1n) is 10.8. The minimum absolute atomic E-state index is 0.0765. The Balaban J connectivity index is 1.32. The number of piperidine rings is 1. The summed E-state index contributed by atoms with van der Waals surface area (Å²) in [5.41, 5.74) is 0.726. The van der Waals surface area contributed by atoms with E-state index in [1.54, 1.807) is 23.1 Å². The van der Waals surface area contributed by atoms with Crippen LogP contribution in [0.1, 0.15) is 29.2 Å². The number of benzene rings is 2. The van der Waals surface area contributed by atoms with Crippen molar-refractivity contribution >= 4 is 5.91 Å². The first-order valence-corrected chi connectivity index (χ1v) is 10.8. The number of aromatic amines is 1. The zero-order valence-electron chi connectivity index (χ0n) is 17.8. The van der Waals surface area contributed by atoms with E-state index < -0.39 is 11.5 Å². The van der Waals surface area contributed by atoms with Crippen LogP contribution in [0, 0.1) is 11.7 Å². The molecule has 168 valence electrons. The predicted molar refractivity (Wildman–Crippen MR) is 118 cm³/mol. The van der Waals surface area contributed by atoms with Crippen molar-refractivity contribution in [3.63, 3.8) is 0 Å². The van der Waals surface area contributed by atoms with Crippen LogP contribution >= 0.6 is 0 Å². The maximum absolute atomic E-state index is 14.3. The topological polar surface area (TPSA) is 102 Å². The summed E-state index contributed by atoms with van der Waals surface area (Å²) < 4.78 is 15.6. The third kappa shape index (κ3) is 4.19. The Morgan fingerprint density at radius 1 is 1.12 bits per heavy atom. The molecule has 33 heavy (non-hydrogen) atoms. The van der Waals surface area contributed by atoms with Crippen LogP contribution in [0.2, 0.25) is 0 Å². The fourth-order valence-corrected chi connectivity index (χ4v) is 4.23. The van der Waals surface area contributed by atoms with Crippen LogP contribution in [-0.2, 0) is 6.42 Å². The summed E-state index contributed by atoms with van der Waals surface area (Å²) in [5, 5.41) is 15.1. The third-order valence-corrected chi connectivity index (χ3v) is 5.81. The molecule has 3 heterocycles. The molecule has 1 N–H and O–H groups in total. The lowest BCUT2D eigenvalue weighted by Gasteiger charge is -2.32. The van der Waals surface area contributed by atoms with Crippen molar-refractivity contribution in [2.24, 2.45) is 5.92 Å². The Labute approximate surface area is 188 Å². The van der Waals surface area contributed by atoms with Crippen molar-refractivity contribution in [3.8, 4) is 11.4 Å². The Morgan fingerprint density at radius 3 is 2.73 bits per heavy atom. The van der Waals surface area contributed by atoms with Crippen molar-refractivity contribution < 1.29 is 9.18 Å². The van der Waals surface area contributed by atoms with Gasteiger partial charge in [0, 0.05) is 19.5 Å². The smallest absolute Gasteiger partial charge is 0.337 e. The van der Waals surface area contributed by atoms with Gasteiger partial charge in [-0.15, -0.1) is 5.10 Å². The first kappa shape index (κ1) is 20.8. The highest BCUT2D eigenvalue weighted by atomic mass is 19.1. The van der Waals surface area contributed by atoms with Crippen LogP contribution in [0.5, 0.6) is 0 Å². The summed E-state index contributed by atoms with van der Waals surface area (Å²) in [4.78, 5) is 28.6. The molecule has 0 spiro atoms. The van der Waals surface area contributed by atoms with E-state index in [1.807, 2.05) is 30.3 Å². The number of hydrogen-bond acceptors (Lipinski definition) is 5. The molecule has 0 bridgehead atoms. The van der Waals surface area contributed by atoms with Crippen LogP contribution in [0.25, 0.3) is 11.4 Å². The van der Waals surface area contributed by atoms with Gasteiger partial charge in [0.1, 0.15) is 11.6 Å². The number of carbonyl (C=O) groups is 1. The molecule has 9 nitrogen and oxygen atoms in total. The van der Waals surface area contributed by atoms with Crippen LogP contribution in [0.3, 0.4) is 0 Å². The van der Waals surface area contributed by atoms with Crippen molar-refractivity contribution in [2.45, 2.75) is 19.3 Å². The maximum Gasteiger partial charge on any atom is 0.348 e. The number of aromatic nitrogens is 6. The maximum atomic E-state index is 14.3. The number of carbonyl (C=O) groups excluding carboxylic acids is 1. The minimum Gasteiger partial charge on any atom is -0.337 e. The van der Waals surface area contributed by atoms with Gasteiger partial charge >= 0.3 is 5.69 Å². The molecule has 1 saturated heterocycles. The van der Waals surface area contributed by atoms with Crippen molar-refractivity contribution in [1.29, 1.82) is 0 Å². The highest BCUT2D eigenvalue weighted by Gasteiger charge is 2.28. The average Bonchev–Trinajstić information content (AvgIpc) is 3.47. The summed E-state index contributed by atoms with van der Waals surface area (Å²) in [6.45, 7) is 1.11. The number of nitrogens with zero attached hydrogens (tertiary/aromatic N) is 6. The Kier molecular flexibility index (Phi) is 5.55. The molecule has 0 saturated carbocycles. The second-order valence-electron chi connectivity index (χ2n) is 8.05. The molecule has 0 aliphatic carbocycles. The second kappa shape index (κ2) is 8.81. The molecule has 1 amide bonds. The molecular weight excluding hydrogens is 425 g/mol. The molecule has 4 aromatic rings. The number of H-pyrrole nitrogens is 1. The molecule has 1 aliphatic rings. The summed E-state index contributed by atoms with van der Waals surface area (Å²) >= 11 is 0. The van der Waals surface area contributed by atoms with Gasteiger partial charge in [-0.1, -0.05) is 30.3 Å². The summed E-state index contributed by atoms with van der Waals surface area (Å²) in [5.74, 6) is -0.161. The fraction of sp³-hybridized carbons (Fsp3) is 0.261. The predicted octanol–water partition coefficient (Wildman–Crippen LogP) is 2.38. The Hall–Kier alpha value is -4.08. The number of amides is 1. The molecule has 1 aliphatic heterocycles. The van der Waals surface area contributed by atoms with Crippen molar-refractivity contribution in [3.05, 3.63) is 88.6 Å². The number of nitrogens with one attached hydrogen (secondary N) is 1. The van der Waals surface area contributed by atoms with Gasteiger partial charge in [0.25, 0.3) is 5.91 Å². The van der Waals surface area contributed by atoms with E-state index in [1.165, 1.54) is 21.6 Å². The zero-order chi connectivity index (χ0) is 22.8. The Morgan fingerprint density at radius 2 is 1.91 bits per heavy atom. The molecular formula is C23H22FN7O2. The molecule has 5 rings (SSSR count). The summed E-state index contributed by atoms with van der Waals surface area (Å²) in [6, 6.07) is 15.5. The van der Waals surface area contributed by atoms with E-state index in [2.05, 4.69) is 20.4 Å². The standard InChI is InChI=1S/C23H22FN7O2/c24-18-10-4-5-11-20(18)30-21(26-27-23(30)33)13-16-7-6-12-29(15-16)22(32)19-14-25-31(28-19)17-8-2-1-3-9-17/h1-5,8-11,14,16H,6-7,12-13,15H2,(H,27,33). The van der Waals surface area contributed by atoms with Crippen LogP contribution in [0.4, 0.5) is 4.39 Å². The molecule has 1 fully saturated rings. The number of para-hydroxylation sites is 2. The van der Waals surface area contributed by atoms with E-state index >= 15 is 0 Å². The van der Waals surface area contributed by atoms with Gasteiger partial charge in [0.05, 0.1) is 17.6 Å². The minimum atomic E-state index is -0.496. The van der Waals surface area contributed by atoms with Crippen molar-refractivity contribution in [1.82, 2.24) is 34.7 Å². The van der Waals surface area contributed by atoms with Gasteiger partial charge in [-0.2, -0.15) is 15.0 Å². The number of hydrogen-bond donors (Lipinski definition) is 1.